The Morgan fingerprint density at radius 3 is 1.75 bits per heavy atom. The third kappa shape index (κ3) is 12.9. The van der Waals surface area contributed by atoms with Crippen LogP contribution < -0.4 is 5.19 Å². The van der Waals surface area contributed by atoms with E-state index in [0.29, 0.717) is 16.2 Å². The molecule has 1 aromatic rings. The molecular weight excluding hydrogens is 487 g/mol. The first-order valence-corrected chi connectivity index (χ1v) is 15.0. The first-order chi connectivity index (χ1) is 13.6. The van der Waals surface area contributed by atoms with Gasteiger partial charge in [-0.05, 0) is 35.1 Å². The molecule has 1 aliphatic carbocycles. The summed E-state index contributed by atoms with van der Waals surface area (Å²) < 4.78 is 1.59. The molecule has 0 aromatic heterocycles. The molecular formula is C27H47Cl2OSiTi. The fourth-order valence-corrected chi connectivity index (χ4v) is 4.69. The average molecular weight is 535 g/mol. The van der Waals surface area contributed by atoms with Gasteiger partial charge in [0.25, 0.3) is 0 Å². The van der Waals surface area contributed by atoms with Crippen LogP contribution in [0.2, 0.25) is 18.1 Å². The van der Waals surface area contributed by atoms with Crippen LogP contribution in [0.3, 0.4) is 0 Å². The van der Waals surface area contributed by atoms with Gasteiger partial charge in [0, 0.05) is 0 Å². The summed E-state index contributed by atoms with van der Waals surface area (Å²) in [7, 11) is -1.50. The van der Waals surface area contributed by atoms with Crippen molar-refractivity contribution in [2.24, 2.45) is 5.41 Å². The Hall–Kier alpha value is -0.119. The van der Waals surface area contributed by atoms with Crippen molar-refractivity contribution in [3.8, 4) is 5.75 Å². The summed E-state index contributed by atoms with van der Waals surface area (Å²) in [5.41, 5.74) is 2.80. The van der Waals surface area contributed by atoms with Crippen molar-refractivity contribution in [2.45, 2.75) is 99.7 Å². The fraction of sp³-hybridized carbons (Fsp3) is 0.593. The maximum absolute atomic E-state index is 9.65. The molecule has 1 N–H and O–H groups in total. The van der Waals surface area contributed by atoms with Crippen molar-refractivity contribution in [1.82, 2.24) is 0 Å². The Morgan fingerprint density at radius 2 is 1.50 bits per heavy atom. The molecule has 32 heavy (non-hydrogen) atoms. The van der Waals surface area contributed by atoms with E-state index in [1.54, 1.807) is 3.81 Å². The molecule has 0 amide bonds. The zero-order chi connectivity index (χ0) is 23.8. The van der Waals surface area contributed by atoms with E-state index in [-0.39, 0.29) is 24.8 Å². The van der Waals surface area contributed by atoms with Gasteiger partial charge < -0.3 is 5.11 Å². The topological polar surface area (TPSA) is 20.2 Å². The summed E-state index contributed by atoms with van der Waals surface area (Å²) in [6.07, 6.45) is 11.1. The number of aryl methyl sites for hydroxylation is 1. The van der Waals surface area contributed by atoms with Gasteiger partial charge in [-0.1, -0.05) is 65.9 Å². The molecule has 0 atom stereocenters. The number of phenols is 1. The largest absolute Gasteiger partial charge is 0.508 e. The van der Waals surface area contributed by atoms with Gasteiger partial charge in [-0.25, -0.2) is 11.6 Å². The summed E-state index contributed by atoms with van der Waals surface area (Å²) in [6.45, 7) is 24.7. The van der Waals surface area contributed by atoms with Crippen LogP contribution >= 0.6 is 24.8 Å². The zero-order valence-corrected chi connectivity index (χ0v) is 26.5. The molecule has 0 saturated carbocycles. The molecule has 0 spiro atoms. The van der Waals surface area contributed by atoms with Crippen LogP contribution in [0, 0.1) is 18.4 Å². The van der Waals surface area contributed by atoms with Gasteiger partial charge in [0.05, 0.1) is 8.07 Å². The molecule has 0 saturated heterocycles. The monoisotopic (exact) mass is 533 g/mol. The summed E-state index contributed by atoms with van der Waals surface area (Å²) in [4.78, 5) is 0. The van der Waals surface area contributed by atoms with Gasteiger partial charge >= 0.3 is 50.5 Å². The number of allylic oxidation sites excluding steroid dienone is 4. The molecule has 0 heterocycles. The van der Waals surface area contributed by atoms with Crippen LogP contribution in [0.4, 0.5) is 0 Å². The number of halogens is 2. The van der Waals surface area contributed by atoms with Gasteiger partial charge in [0.15, 0.2) is 0 Å². The number of hydrogen-bond acceptors (Lipinski definition) is 1. The van der Waals surface area contributed by atoms with Gasteiger partial charge in [-0.2, -0.15) is 6.08 Å². The Labute approximate surface area is 224 Å². The van der Waals surface area contributed by atoms with Crippen LogP contribution in [0.1, 0.15) is 80.2 Å². The van der Waals surface area contributed by atoms with Crippen molar-refractivity contribution < 1.29 is 25.1 Å². The van der Waals surface area contributed by atoms with E-state index in [2.05, 4.69) is 113 Å². The van der Waals surface area contributed by atoms with Crippen molar-refractivity contribution in [3.63, 3.8) is 0 Å². The summed E-state index contributed by atoms with van der Waals surface area (Å²) in [5, 5.41) is 11.3. The summed E-state index contributed by atoms with van der Waals surface area (Å²) >= 11 is 2.19. The number of phenolic OH excluding ortho intramolecular Hbond substituents is 1. The number of rotatable bonds is 3. The molecule has 0 fully saturated rings. The zero-order valence-electron chi connectivity index (χ0n) is 22.3. The molecule has 0 aliphatic heterocycles. The minimum atomic E-state index is -1.50. The van der Waals surface area contributed by atoms with Crippen molar-refractivity contribution in [2.75, 3.05) is 0 Å². The molecule has 2 rings (SSSR count). The molecule has 0 unspecified atom stereocenters. The Kier molecular flexibility index (Phi) is 17.9. The van der Waals surface area contributed by atoms with Crippen LogP contribution in [0.25, 0.3) is 0 Å². The Morgan fingerprint density at radius 1 is 1.00 bits per heavy atom. The van der Waals surface area contributed by atoms with Crippen molar-refractivity contribution in [1.29, 1.82) is 0 Å². The second-order valence-electron chi connectivity index (χ2n) is 10.7. The molecule has 1 aromatic carbocycles. The molecule has 183 valence electrons. The van der Waals surface area contributed by atoms with Crippen LogP contribution in [0.15, 0.2) is 35.9 Å². The normalized spacial score (nSPS) is 12.8. The van der Waals surface area contributed by atoms with Crippen LogP contribution in [0.5, 0.6) is 5.75 Å². The predicted octanol–water partition coefficient (Wildman–Crippen LogP) is 8.51. The van der Waals surface area contributed by atoms with E-state index in [4.69, 9.17) is 0 Å². The van der Waals surface area contributed by atoms with E-state index < -0.39 is 8.07 Å². The van der Waals surface area contributed by atoms with Crippen molar-refractivity contribution in [3.05, 3.63) is 47.6 Å². The van der Waals surface area contributed by atoms with Crippen LogP contribution in [-0.2, 0) is 20.0 Å². The Bertz CT molecular complexity index is 728. The van der Waals surface area contributed by atoms with Gasteiger partial charge in [0.2, 0.25) is 0 Å². The number of hydrogen-bond donors (Lipinski definition) is 1. The fourth-order valence-electron chi connectivity index (χ4n) is 2.73. The second-order valence-corrected chi connectivity index (χ2v) is 17.1. The first-order valence-electron chi connectivity index (χ1n) is 11.2. The van der Waals surface area contributed by atoms with E-state index >= 15 is 0 Å². The third-order valence-electron chi connectivity index (χ3n) is 6.02. The van der Waals surface area contributed by atoms with E-state index in [9.17, 15) is 5.11 Å². The summed E-state index contributed by atoms with van der Waals surface area (Å²) in [6, 6.07) is 5.97. The Balaban J connectivity index is -0.000000425. The van der Waals surface area contributed by atoms with E-state index in [1.807, 2.05) is 19.1 Å². The first kappa shape index (κ1) is 36.4. The smallest absolute Gasteiger partial charge is 0.115 e. The number of aromatic hydroxyl groups is 1. The molecule has 1 nitrogen and oxygen atoms in total. The van der Waals surface area contributed by atoms with E-state index in [1.165, 1.54) is 23.6 Å². The maximum Gasteiger partial charge on any atom is 0.115 e. The SMILES string of the molecule is CC(C)(C)C1=[C-]CC=C1.CC[C](=[Ti+])CC.Cc1cc(O)cc([Si](C)(C)C(C)(C)C)c1.Cl.Cl. The predicted molar refractivity (Wildman–Crippen MR) is 150 cm³/mol. The third-order valence-corrected chi connectivity index (χ3v) is 12.6. The molecule has 0 bridgehead atoms. The quantitative estimate of drug-likeness (QED) is 0.305. The molecule has 5 heteroatoms. The standard InChI is InChI=1S/C13H22OSi.C9H13.C5H10.2ClH.Ti/c1-10-7-11(14)9-12(8-10)15(5,6)13(2,3)4;1-9(2,3)8-6-4-5-7-8;1-3-5-4-2;;;/h7-9,14H,1-6H3;4,6H,5H2,1-3H3;3-4H2,1-2H3;2*1H;/q;-1;;;;+1. The summed E-state index contributed by atoms with van der Waals surface area (Å²) in [5.74, 6) is 0.398. The second kappa shape index (κ2) is 15.7. The minimum Gasteiger partial charge on any atom is -0.508 e. The van der Waals surface area contributed by atoms with E-state index in [0.717, 1.165) is 12.0 Å². The minimum absolute atomic E-state index is 0. The van der Waals surface area contributed by atoms with Gasteiger partial charge in [-0.3, -0.25) is 6.08 Å². The number of benzene rings is 1. The van der Waals surface area contributed by atoms with Gasteiger partial charge in [0.1, 0.15) is 5.75 Å². The van der Waals surface area contributed by atoms with Crippen molar-refractivity contribution >= 4 is 41.9 Å². The van der Waals surface area contributed by atoms with Gasteiger partial charge in [-0.15, -0.1) is 31.2 Å². The average Bonchev–Trinajstić information content (AvgIpc) is 3.15. The van der Waals surface area contributed by atoms with Crippen LogP contribution in [-0.4, -0.2) is 17.0 Å². The molecule has 1 aliphatic rings. The maximum atomic E-state index is 9.65. The molecule has 0 radical (unpaired) electrons.